The molecule has 1 rings (SSSR count). The highest BCUT2D eigenvalue weighted by molar-refractivity contribution is 6.58. The lowest BCUT2D eigenvalue weighted by Crippen LogP contribution is -2.35. The van der Waals surface area contributed by atoms with Crippen molar-refractivity contribution in [3.8, 4) is 0 Å². The summed E-state index contributed by atoms with van der Waals surface area (Å²) in [5, 5.41) is 18.2. The van der Waals surface area contributed by atoms with Crippen LogP contribution < -0.4 is 5.46 Å². The molecule has 0 amide bonds. The van der Waals surface area contributed by atoms with E-state index in [2.05, 4.69) is 25.7 Å². The minimum absolute atomic E-state index is 0.0623. The molecule has 18 heavy (non-hydrogen) atoms. The van der Waals surface area contributed by atoms with Crippen LogP contribution in [0.25, 0.3) is 0 Å². The van der Waals surface area contributed by atoms with E-state index in [1.165, 1.54) is 12.1 Å². The summed E-state index contributed by atoms with van der Waals surface area (Å²) in [7, 11) is -1.76. The van der Waals surface area contributed by atoms with E-state index in [1.807, 2.05) is 0 Å². The Balaban J connectivity index is 2.86. The predicted octanol–water partition coefficient (Wildman–Crippen LogP) is 1.13. The average Bonchev–Trinajstić information content (AvgIpc) is 2.30. The van der Waals surface area contributed by atoms with Gasteiger partial charge in [-0.1, -0.05) is 19.1 Å². The Bertz CT molecular complexity index is 385. The van der Waals surface area contributed by atoms with Gasteiger partial charge in [-0.05, 0) is 38.4 Å². The molecule has 0 saturated carbocycles. The Hall–Kier alpha value is -0.905. The molecule has 0 aliphatic rings. The molecule has 1 aromatic carbocycles. The molecule has 0 aliphatic heterocycles. The van der Waals surface area contributed by atoms with Crippen molar-refractivity contribution in [3.63, 3.8) is 0 Å². The summed E-state index contributed by atoms with van der Waals surface area (Å²) in [4.78, 5) is 2.26. The summed E-state index contributed by atoms with van der Waals surface area (Å²) in [5.41, 5.74) is 0.828. The van der Waals surface area contributed by atoms with Crippen LogP contribution in [0, 0.1) is 5.82 Å². The van der Waals surface area contributed by atoms with E-state index in [4.69, 9.17) is 10.0 Å². The minimum Gasteiger partial charge on any atom is -0.423 e. The summed E-state index contributed by atoms with van der Waals surface area (Å²) >= 11 is 0. The fourth-order valence-electron chi connectivity index (χ4n) is 1.93. The molecule has 3 nitrogen and oxygen atoms in total. The SMILES string of the molecule is CCCN(Cc1ccc(F)c(B(O)O)c1)C(C)C. The molecule has 0 saturated heterocycles. The monoisotopic (exact) mass is 253 g/mol. The average molecular weight is 253 g/mol. The van der Waals surface area contributed by atoms with Crippen molar-refractivity contribution in [2.24, 2.45) is 0 Å². The lowest BCUT2D eigenvalue weighted by molar-refractivity contribution is 0.213. The zero-order valence-corrected chi connectivity index (χ0v) is 11.2. The maximum absolute atomic E-state index is 13.3. The van der Waals surface area contributed by atoms with Crippen molar-refractivity contribution in [1.29, 1.82) is 0 Å². The van der Waals surface area contributed by atoms with E-state index in [0.717, 1.165) is 18.5 Å². The van der Waals surface area contributed by atoms with Gasteiger partial charge in [-0.25, -0.2) is 4.39 Å². The van der Waals surface area contributed by atoms with Crippen LogP contribution in [0.3, 0.4) is 0 Å². The van der Waals surface area contributed by atoms with Crippen molar-refractivity contribution in [3.05, 3.63) is 29.6 Å². The lowest BCUT2D eigenvalue weighted by atomic mass is 9.79. The van der Waals surface area contributed by atoms with Crippen LogP contribution >= 0.6 is 0 Å². The van der Waals surface area contributed by atoms with Gasteiger partial charge in [0.1, 0.15) is 5.82 Å². The van der Waals surface area contributed by atoms with Crippen molar-refractivity contribution >= 4 is 12.6 Å². The Morgan fingerprint density at radius 3 is 2.50 bits per heavy atom. The lowest BCUT2D eigenvalue weighted by Gasteiger charge is -2.26. The molecule has 2 N–H and O–H groups in total. The highest BCUT2D eigenvalue weighted by atomic mass is 19.1. The third kappa shape index (κ3) is 4.08. The number of benzene rings is 1. The Morgan fingerprint density at radius 2 is 2.00 bits per heavy atom. The van der Waals surface area contributed by atoms with Gasteiger partial charge in [0.25, 0.3) is 0 Å². The maximum atomic E-state index is 13.3. The van der Waals surface area contributed by atoms with Crippen molar-refractivity contribution in [2.75, 3.05) is 6.54 Å². The molecular formula is C13H21BFNO2. The number of hydrogen-bond acceptors (Lipinski definition) is 3. The normalized spacial score (nSPS) is 11.3. The summed E-state index contributed by atoms with van der Waals surface area (Å²) < 4.78 is 13.3. The van der Waals surface area contributed by atoms with Crippen LogP contribution in [0.5, 0.6) is 0 Å². The van der Waals surface area contributed by atoms with Crippen LogP contribution in [0.15, 0.2) is 18.2 Å². The molecule has 0 unspecified atom stereocenters. The number of halogens is 1. The van der Waals surface area contributed by atoms with Crippen molar-refractivity contribution < 1.29 is 14.4 Å². The highest BCUT2D eigenvalue weighted by Gasteiger charge is 2.18. The molecule has 100 valence electrons. The second-order valence-electron chi connectivity index (χ2n) is 4.79. The van der Waals surface area contributed by atoms with Gasteiger partial charge in [-0.3, -0.25) is 4.90 Å². The Kier molecular flexibility index (Phi) is 5.79. The molecule has 5 heteroatoms. The van der Waals surface area contributed by atoms with E-state index in [0.29, 0.717) is 12.6 Å². The van der Waals surface area contributed by atoms with Crippen LogP contribution in [0.4, 0.5) is 4.39 Å². The molecule has 0 radical (unpaired) electrons. The van der Waals surface area contributed by atoms with Gasteiger partial charge in [0.2, 0.25) is 0 Å². The molecule has 0 spiro atoms. The molecule has 0 fully saturated rings. The van der Waals surface area contributed by atoms with Crippen molar-refractivity contribution in [2.45, 2.75) is 39.8 Å². The summed E-state index contributed by atoms with van der Waals surface area (Å²) in [6, 6.07) is 4.89. The van der Waals surface area contributed by atoms with E-state index >= 15 is 0 Å². The minimum atomic E-state index is -1.76. The molecule has 1 aromatic rings. The van der Waals surface area contributed by atoms with Crippen LogP contribution in [-0.2, 0) is 6.54 Å². The zero-order chi connectivity index (χ0) is 13.7. The van der Waals surface area contributed by atoms with E-state index in [-0.39, 0.29) is 5.46 Å². The smallest absolute Gasteiger partial charge is 0.423 e. The molecule has 0 aromatic heterocycles. The zero-order valence-electron chi connectivity index (χ0n) is 11.2. The van der Waals surface area contributed by atoms with E-state index < -0.39 is 12.9 Å². The second-order valence-corrected chi connectivity index (χ2v) is 4.79. The Labute approximate surface area is 108 Å². The predicted molar refractivity (Wildman–Crippen MR) is 72.1 cm³/mol. The third-order valence-corrected chi connectivity index (χ3v) is 2.97. The van der Waals surface area contributed by atoms with Gasteiger partial charge in [-0.2, -0.15) is 0 Å². The topological polar surface area (TPSA) is 43.7 Å². The first-order valence-electron chi connectivity index (χ1n) is 6.34. The van der Waals surface area contributed by atoms with Crippen LogP contribution in [-0.4, -0.2) is 34.7 Å². The second kappa shape index (κ2) is 6.88. The number of rotatable bonds is 6. The van der Waals surface area contributed by atoms with Gasteiger partial charge < -0.3 is 10.0 Å². The van der Waals surface area contributed by atoms with Crippen molar-refractivity contribution in [1.82, 2.24) is 4.90 Å². The Morgan fingerprint density at radius 1 is 1.33 bits per heavy atom. The van der Waals surface area contributed by atoms with E-state index in [1.54, 1.807) is 6.07 Å². The molecular weight excluding hydrogens is 232 g/mol. The van der Waals surface area contributed by atoms with Gasteiger partial charge in [0.05, 0.1) is 0 Å². The molecule has 0 bridgehead atoms. The molecule has 0 heterocycles. The van der Waals surface area contributed by atoms with Gasteiger partial charge in [0, 0.05) is 18.0 Å². The van der Waals surface area contributed by atoms with Crippen LogP contribution in [0.1, 0.15) is 32.8 Å². The summed E-state index contributed by atoms with van der Waals surface area (Å²) in [6.45, 7) is 7.99. The van der Waals surface area contributed by atoms with Gasteiger partial charge in [-0.15, -0.1) is 0 Å². The quantitative estimate of drug-likeness (QED) is 0.747. The number of nitrogens with zero attached hydrogens (tertiary/aromatic N) is 1. The highest BCUT2D eigenvalue weighted by Crippen LogP contribution is 2.09. The van der Waals surface area contributed by atoms with Crippen LogP contribution in [0.2, 0.25) is 0 Å². The molecule has 0 atom stereocenters. The molecule has 0 aliphatic carbocycles. The standard InChI is InChI=1S/C13H21BFNO2/c1-4-7-16(10(2)3)9-11-5-6-13(15)12(8-11)14(17)18/h5-6,8,10,17-18H,4,7,9H2,1-3H3. The largest absolute Gasteiger partial charge is 0.491 e. The fourth-order valence-corrected chi connectivity index (χ4v) is 1.93. The summed E-state index contributed by atoms with van der Waals surface area (Å²) in [6.07, 6.45) is 1.05. The first-order chi connectivity index (χ1) is 8.45. The van der Waals surface area contributed by atoms with E-state index in [9.17, 15) is 4.39 Å². The summed E-state index contributed by atoms with van der Waals surface area (Å²) in [5.74, 6) is -0.583. The number of hydrogen-bond donors (Lipinski definition) is 2. The third-order valence-electron chi connectivity index (χ3n) is 2.97. The first kappa shape index (κ1) is 15.2. The van der Waals surface area contributed by atoms with Gasteiger partial charge in [0.15, 0.2) is 0 Å². The fraction of sp³-hybridized carbons (Fsp3) is 0.538. The maximum Gasteiger partial charge on any atom is 0.491 e. The van der Waals surface area contributed by atoms with Gasteiger partial charge >= 0.3 is 7.12 Å². The first-order valence-corrected chi connectivity index (χ1v) is 6.34.